The highest BCUT2D eigenvalue weighted by molar-refractivity contribution is 6.38. The highest BCUT2D eigenvalue weighted by Crippen LogP contribution is 2.32. The number of nitrogens with one attached hydrogen (secondary N) is 4. The Balaban J connectivity index is 1.41. The van der Waals surface area contributed by atoms with Crippen LogP contribution in [0.15, 0.2) is 85.6 Å². The number of anilines is 2. The molecule has 9 nitrogen and oxygen atoms in total. The monoisotopic (exact) mass is 483 g/mol. The van der Waals surface area contributed by atoms with Gasteiger partial charge in [0, 0.05) is 34.2 Å². The molecule has 3 heterocycles. The van der Waals surface area contributed by atoms with E-state index < -0.39 is 0 Å². The quantitative estimate of drug-likeness (QED) is 0.183. The Morgan fingerprint density at radius 3 is 2.80 bits per heavy atom. The first-order chi connectivity index (χ1) is 17.1. The number of hydrogen-bond acceptors (Lipinski definition) is 7. The van der Waals surface area contributed by atoms with Crippen LogP contribution in [0.1, 0.15) is 5.69 Å². The summed E-state index contributed by atoms with van der Waals surface area (Å²) in [6, 6.07) is 13.6. The molecule has 8 N–H and O–H groups in total. The second-order valence-electron chi connectivity index (χ2n) is 7.72. The lowest BCUT2D eigenvalue weighted by Crippen LogP contribution is -2.11. The van der Waals surface area contributed by atoms with Gasteiger partial charge in [0.25, 0.3) is 0 Å². The number of nitrogens with two attached hydrogens (primary N) is 2. The molecule has 0 radical (unpaired) electrons. The van der Waals surface area contributed by atoms with Gasteiger partial charge < -0.3 is 27.1 Å². The third-order valence-electron chi connectivity index (χ3n) is 5.43. The van der Waals surface area contributed by atoms with Crippen LogP contribution in [0.2, 0.25) is 5.02 Å². The van der Waals surface area contributed by atoms with E-state index in [1.165, 1.54) is 12.4 Å². The second-order valence-corrected chi connectivity index (χ2v) is 8.10. The number of fused-ring (bicyclic) bond motifs is 2. The highest BCUT2D eigenvalue weighted by Gasteiger charge is 2.11. The molecule has 0 amide bonds. The van der Waals surface area contributed by atoms with E-state index in [1.807, 2.05) is 36.4 Å². The summed E-state index contributed by atoms with van der Waals surface area (Å²) >= 11 is 6.54. The van der Waals surface area contributed by atoms with Gasteiger partial charge in [0.15, 0.2) is 5.82 Å². The topological polar surface area (TPSA) is 146 Å². The minimum absolute atomic E-state index is 0.570. The molecule has 10 heteroatoms. The van der Waals surface area contributed by atoms with Crippen LogP contribution in [0.3, 0.4) is 0 Å². The van der Waals surface area contributed by atoms with Gasteiger partial charge >= 0.3 is 0 Å². The van der Waals surface area contributed by atoms with Gasteiger partial charge in [0.05, 0.1) is 39.5 Å². The fourth-order valence-electron chi connectivity index (χ4n) is 3.70. The van der Waals surface area contributed by atoms with Crippen LogP contribution in [0.4, 0.5) is 11.5 Å². The summed E-state index contributed by atoms with van der Waals surface area (Å²) in [4.78, 5) is 12.5. The predicted molar refractivity (Wildman–Crippen MR) is 141 cm³/mol. The smallest absolute Gasteiger partial charge is 0.161 e. The summed E-state index contributed by atoms with van der Waals surface area (Å²) in [5, 5.41) is 15.8. The number of allylic oxidation sites excluding steroid dienone is 1. The average molecular weight is 484 g/mol. The van der Waals surface area contributed by atoms with Crippen LogP contribution >= 0.6 is 11.6 Å². The molecule has 0 atom stereocenters. The number of hydrogen-bond donors (Lipinski definition) is 6. The Kier molecular flexibility index (Phi) is 5.82. The lowest BCUT2D eigenvalue weighted by molar-refractivity contribution is 1.11. The van der Waals surface area contributed by atoms with E-state index >= 15 is 0 Å². The average Bonchev–Trinajstić information content (AvgIpc) is 3.53. The van der Waals surface area contributed by atoms with Crippen LogP contribution in [-0.2, 0) is 0 Å². The SMILES string of the molecule is C=C(NC(/C=C\N)=C/N)c1cc2ccc(-c3nccc(Nc4ccc5[nH]ncc5c4Cl)n3)cc2[nH]1. The maximum absolute atomic E-state index is 6.54. The summed E-state index contributed by atoms with van der Waals surface area (Å²) in [5.74, 6) is 1.20. The van der Waals surface area contributed by atoms with Crippen molar-refractivity contribution in [2.75, 3.05) is 5.32 Å². The van der Waals surface area contributed by atoms with E-state index in [0.29, 0.717) is 28.1 Å². The third kappa shape index (κ3) is 4.40. The Labute approximate surface area is 205 Å². The fourth-order valence-corrected chi connectivity index (χ4v) is 3.96. The highest BCUT2D eigenvalue weighted by atomic mass is 35.5. The molecule has 5 rings (SSSR count). The minimum Gasteiger partial charge on any atom is -0.405 e. The minimum atomic E-state index is 0.570. The van der Waals surface area contributed by atoms with Gasteiger partial charge in [-0.2, -0.15) is 5.10 Å². The van der Waals surface area contributed by atoms with E-state index in [-0.39, 0.29) is 0 Å². The molecule has 0 aliphatic heterocycles. The van der Waals surface area contributed by atoms with E-state index in [4.69, 9.17) is 23.1 Å². The van der Waals surface area contributed by atoms with Crippen molar-refractivity contribution in [3.05, 3.63) is 96.3 Å². The zero-order chi connectivity index (χ0) is 24.4. The molecule has 35 heavy (non-hydrogen) atoms. The Bertz CT molecular complexity index is 1610. The summed E-state index contributed by atoms with van der Waals surface area (Å²) in [7, 11) is 0. The number of nitrogens with zero attached hydrogens (tertiary/aromatic N) is 3. The molecule has 0 aliphatic carbocycles. The van der Waals surface area contributed by atoms with Gasteiger partial charge in [0.1, 0.15) is 5.82 Å². The van der Waals surface area contributed by atoms with Crippen LogP contribution in [0, 0.1) is 0 Å². The van der Waals surface area contributed by atoms with E-state index in [2.05, 4.69) is 42.4 Å². The second kappa shape index (κ2) is 9.24. The molecule has 0 fully saturated rings. The van der Waals surface area contributed by atoms with Crippen molar-refractivity contribution in [3.8, 4) is 11.4 Å². The van der Waals surface area contributed by atoms with Crippen LogP contribution in [-0.4, -0.2) is 25.1 Å². The van der Waals surface area contributed by atoms with Gasteiger partial charge in [-0.15, -0.1) is 0 Å². The van der Waals surface area contributed by atoms with E-state index in [9.17, 15) is 0 Å². The summed E-state index contributed by atoms with van der Waals surface area (Å²) < 4.78 is 0. The Hall–Kier alpha value is -4.76. The third-order valence-corrected chi connectivity index (χ3v) is 5.84. The van der Waals surface area contributed by atoms with Gasteiger partial charge in [-0.3, -0.25) is 5.10 Å². The molecule has 3 aromatic heterocycles. The van der Waals surface area contributed by atoms with Crippen molar-refractivity contribution < 1.29 is 0 Å². The number of benzene rings is 2. The van der Waals surface area contributed by atoms with Gasteiger partial charge in [0.2, 0.25) is 0 Å². The number of rotatable bonds is 7. The zero-order valence-electron chi connectivity index (χ0n) is 18.5. The van der Waals surface area contributed by atoms with Crippen LogP contribution < -0.4 is 22.1 Å². The van der Waals surface area contributed by atoms with Crippen molar-refractivity contribution in [2.24, 2.45) is 11.5 Å². The molecule has 0 aliphatic rings. The largest absolute Gasteiger partial charge is 0.405 e. The van der Waals surface area contributed by atoms with Crippen molar-refractivity contribution in [2.45, 2.75) is 0 Å². The van der Waals surface area contributed by atoms with E-state index in [0.717, 1.165) is 38.8 Å². The molecule has 0 bridgehead atoms. The van der Waals surface area contributed by atoms with Crippen molar-refractivity contribution in [3.63, 3.8) is 0 Å². The lowest BCUT2D eigenvalue weighted by atomic mass is 10.1. The lowest BCUT2D eigenvalue weighted by Gasteiger charge is -2.09. The number of H-pyrrole nitrogens is 2. The molecule has 0 saturated carbocycles. The molecular formula is C25H22ClN9. The molecule has 2 aromatic carbocycles. The zero-order valence-corrected chi connectivity index (χ0v) is 19.3. The van der Waals surface area contributed by atoms with Crippen molar-refractivity contribution in [1.82, 2.24) is 30.5 Å². The molecular weight excluding hydrogens is 462 g/mol. The maximum Gasteiger partial charge on any atom is 0.161 e. The molecule has 0 unspecified atom stereocenters. The summed E-state index contributed by atoms with van der Waals surface area (Å²) in [6.07, 6.45) is 7.89. The molecule has 5 aromatic rings. The van der Waals surface area contributed by atoms with Gasteiger partial charge in [-0.25, -0.2) is 9.97 Å². The predicted octanol–water partition coefficient (Wildman–Crippen LogP) is 4.73. The van der Waals surface area contributed by atoms with Crippen LogP contribution in [0.5, 0.6) is 0 Å². The maximum atomic E-state index is 6.54. The first-order valence-corrected chi connectivity index (χ1v) is 11.0. The Morgan fingerprint density at radius 2 is 1.97 bits per heavy atom. The van der Waals surface area contributed by atoms with Crippen LogP contribution in [0.25, 0.3) is 38.9 Å². The molecule has 174 valence electrons. The summed E-state index contributed by atoms with van der Waals surface area (Å²) in [5.41, 5.74) is 16.6. The van der Waals surface area contributed by atoms with E-state index in [1.54, 1.807) is 24.5 Å². The molecule has 0 saturated heterocycles. The Morgan fingerprint density at radius 1 is 1.09 bits per heavy atom. The fraction of sp³-hybridized carbons (Fsp3) is 0. The normalized spacial score (nSPS) is 12.0. The summed E-state index contributed by atoms with van der Waals surface area (Å²) in [6.45, 7) is 4.08. The van der Waals surface area contributed by atoms with Crippen molar-refractivity contribution >= 4 is 50.6 Å². The number of halogens is 1. The van der Waals surface area contributed by atoms with Crippen molar-refractivity contribution in [1.29, 1.82) is 0 Å². The number of aromatic amines is 2. The first kappa shape index (κ1) is 22.1. The standard InChI is InChI=1S/C25H22ClN9/c1-14(31-17(12-28)6-8-27)21-10-15-2-3-16(11-22(15)32-21)25-29-9-7-23(34-25)33-20-5-4-19-18(24(20)26)13-30-35-19/h2-13,31-32H,1,27-28H2,(H,30,35)(H,29,33,34)/b8-6-,17-12+. The number of aromatic nitrogens is 5. The van der Waals surface area contributed by atoms with Gasteiger partial charge in [-0.05, 0) is 42.6 Å². The van der Waals surface area contributed by atoms with Gasteiger partial charge in [-0.1, -0.05) is 30.3 Å². The molecule has 0 spiro atoms. The first-order valence-electron chi connectivity index (χ1n) is 10.7.